The molecule has 2 heterocycles. The van der Waals surface area contributed by atoms with E-state index in [4.69, 9.17) is 13.9 Å². The second kappa shape index (κ2) is 11.2. The van der Waals surface area contributed by atoms with E-state index in [0.29, 0.717) is 27.3 Å². The number of amides is 1. The van der Waals surface area contributed by atoms with Gasteiger partial charge in [-0.2, -0.15) is 10.4 Å². The van der Waals surface area contributed by atoms with Crippen molar-refractivity contribution in [1.82, 2.24) is 10.4 Å². The molecule has 0 radical (unpaired) electrons. The number of rotatable bonds is 8. The number of carbonyl (C=O) groups excluding carboxylic acids is 1. The molecule has 0 fully saturated rings. The van der Waals surface area contributed by atoms with Crippen molar-refractivity contribution in [2.45, 2.75) is 13.5 Å². The number of nitrogens with zero attached hydrogens (tertiary/aromatic N) is 3. The van der Waals surface area contributed by atoms with E-state index < -0.39 is 5.91 Å². The number of aromatic nitrogens is 1. The molecule has 0 saturated heterocycles. The summed E-state index contributed by atoms with van der Waals surface area (Å²) in [5, 5.41) is 13.4. The topological polar surface area (TPSA) is 110 Å². The number of pyridine rings is 1. The van der Waals surface area contributed by atoms with Gasteiger partial charge in [0, 0.05) is 26.3 Å². The molecule has 1 aromatic carbocycles. The number of hydrazone groups is 1. The average Bonchev–Trinajstić information content (AvgIpc) is 3.25. The average molecular weight is 609 g/mol. The third-order valence-corrected chi connectivity index (χ3v) is 6.02. The number of furan rings is 1. The van der Waals surface area contributed by atoms with E-state index in [9.17, 15) is 10.1 Å². The highest BCUT2D eigenvalue weighted by Gasteiger charge is 2.18. The first kappa shape index (κ1) is 23.9. The van der Waals surface area contributed by atoms with Crippen molar-refractivity contribution in [1.29, 1.82) is 5.26 Å². The zero-order valence-electron chi connectivity index (χ0n) is 17.2. The van der Waals surface area contributed by atoms with Crippen LogP contribution in [-0.2, 0) is 16.1 Å². The van der Waals surface area contributed by atoms with E-state index >= 15 is 0 Å². The second-order valence-electron chi connectivity index (χ2n) is 6.51. The van der Waals surface area contributed by atoms with Crippen LogP contribution in [0.5, 0.6) is 5.88 Å². The monoisotopic (exact) mass is 608 g/mol. The van der Waals surface area contributed by atoms with Crippen LogP contribution < -0.4 is 10.2 Å². The van der Waals surface area contributed by atoms with Crippen LogP contribution in [0.2, 0.25) is 0 Å². The van der Waals surface area contributed by atoms with E-state index in [1.165, 1.54) is 13.3 Å². The lowest BCUT2D eigenvalue weighted by Crippen LogP contribution is -2.25. The predicted octanol–water partition coefficient (Wildman–Crippen LogP) is 4.56. The van der Waals surface area contributed by atoms with Crippen LogP contribution in [0.1, 0.15) is 22.6 Å². The number of hydrogen-bond donors (Lipinski definition) is 1. The van der Waals surface area contributed by atoms with Crippen LogP contribution in [0, 0.1) is 21.8 Å². The number of ether oxygens (including phenoxy) is 2. The molecule has 0 spiro atoms. The Balaban J connectivity index is 1.60. The van der Waals surface area contributed by atoms with Crippen LogP contribution in [0.3, 0.4) is 0 Å². The number of methoxy groups -OCH3 is 1. The molecule has 0 bridgehead atoms. The van der Waals surface area contributed by atoms with Crippen LogP contribution in [0.4, 0.5) is 0 Å². The highest BCUT2D eigenvalue weighted by atomic mass is 127. The maximum absolute atomic E-state index is 12.1. The molecule has 0 atom stereocenters. The zero-order valence-corrected chi connectivity index (χ0v) is 20.9. The van der Waals surface area contributed by atoms with Crippen LogP contribution in [0.25, 0.3) is 11.3 Å². The van der Waals surface area contributed by atoms with Gasteiger partial charge in [-0.25, -0.2) is 10.4 Å². The summed E-state index contributed by atoms with van der Waals surface area (Å²) in [6.07, 6.45) is 1.40. The van der Waals surface area contributed by atoms with E-state index in [0.717, 1.165) is 9.13 Å². The molecule has 1 amide bonds. The maximum atomic E-state index is 12.1. The van der Waals surface area contributed by atoms with Gasteiger partial charge in [-0.1, -0.05) is 12.1 Å². The van der Waals surface area contributed by atoms with Crippen molar-refractivity contribution in [3.63, 3.8) is 0 Å². The summed E-state index contributed by atoms with van der Waals surface area (Å²) in [5.74, 6) is 0.740. The molecule has 1 N–H and O–H groups in total. The quantitative estimate of drug-likeness (QED) is 0.228. The SMILES string of the molecule is COCc1c(Br)c(C)nc(OCC(=O)N/N=C\c2ccc(-c3ccc(I)cc3)o2)c1C#N. The van der Waals surface area contributed by atoms with Crippen molar-refractivity contribution >= 4 is 50.6 Å². The molecule has 0 unspecified atom stereocenters. The Hall–Kier alpha value is -2.75. The summed E-state index contributed by atoms with van der Waals surface area (Å²) in [5.41, 5.74) is 4.74. The molecule has 2 aromatic heterocycles. The van der Waals surface area contributed by atoms with Crippen molar-refractivity contribution in [2.24, 2.45) is 5.10 Å². The summed E-state index contributed by atoms with van der Waals surface area (Å²) in [4.78, 5) is 16.3. The standard InChI is InChI=1S/C22H18BrIN4O4/c1-13-21(23)18(11-30-2)17(9-25)22(27-13)31-12-20(29)28-26-10-16-7-8-19(32-16)14-3-5-15(24)6-4-14/h3-8,10H,11-12H2,1-2H3,(H,28,29)/b26-10-. The number of hydrogen-bond acceptors (Lipinski definition) is 7. The summed E-state index contributed by atoms with van der Waals surface area (Å²) in [6, 6.07) is 13.5. The first-order chi connectivity index (χ1) is 15.4. The summed E-state index contributed by atoms with van der Waals surface area (Å²) in [6.45, 7) is 1.60. The van der Waals surface area contributed by atoms with Gasteiger partial charge in [0.1, 0.15) is 23.2 Å². The van der Waals surface area contributed by atoms with Crippen molar-refractivity contribution in [2.75, 3.05) is 13.7 Å². The normalized spacial score (nSPS) is 10.8. The first-order valence-corrected chi connectivity index (χ1v) is 11.2. The molecule has 3 aromatic rings. The van der Waals surface area contributed by atoms with Gasteiger partial charge in [-0.05, 0) is 69.7 Å². The maximum Gasteiger partial charge on any atom is 0.278 e. The number of aryl methyl sites for hydroxylation is 1. The Morgan fingerprint density at radius 3 is 2.78 bits per heavy atom. The first-order valence-electron chi connectivity index (χ1n) is 9.31. The van der Waals surface area contributed by atoms with Crippen molar-refractivity contribution < 1.29 is 18.7 Å². The molecular weight excluding hydrogens is 591 g/mol. The Bertz CT molecular complexity index is 1190. The predicted molar refractivity (Wildman–Crippen MR) is 130 cm³/mol. The Morgan fingerprint density at radius 1 is 1.34 bits per heavy atom. The molecular formula is C22H18BrIN4O4. The van der Waals surface area contributed by atoms with E-state index in [1.54, 1.807) is 13.0 Å². The minimum absolute atomic E-state index is 0.0626. The van der Waals surface area contributed by atoms with Crippen LogP contribution in [-0.4, -0.2) is 30.8 Å². The minimum Gasteiger partial charge on any atom is -0.467 e. The number of halogens is 2. The molecule has 10 heteroatoms. The second-order valence-corrected chi connectivity index (χ2v) is 8.54. The zero-order chi connectivity index (χ0) is 23.1. The van der Waals surface area contributed by atoms with E-state index in [-0.39, 0.29) is 24.7 Å². The number of benzene rings is 1. The summed E-state index contributed by atoms with van der Waals surface area (Å²) >= 11 is 5.64. The van der Waals surface area contributed by atoms with Gasteiger partial charge in [0.25, 0.3) is 5.91 Å². The smallest absolute Gasteiger partial charge is 0.278 e. The molecule has 0 aliphatic carbocycles. The fourth-order valence-corrected chi connectivity index (χ4v) is 3.50. The van der Waals surface area contributed by atoms with Gasteiger partial charge in [-0.15, -0.1) is 0 Å². The molecule has 32 heavy (non-hydrogen) atoms. The fourth-order valence-electron chi connectivity index (χ4n) is 2.74. The van der Waals surface area contributed by atoms with E-state index in [2.05, 4.69) is 60.1 Å². The molecule has 8 nitrogen and oxygen atoms in total. The van der Waals surface area contributed by atoms with Gasteiger partial charge in [-0.3, -0.25) is 4.79 Å². The Kier molecular flexibility index (Phi) is 8.38. The van der Waals surface area contributed by atoms with Crippen LogP contribution >= 0.6 is 38.5 Å². The highest BCUT2D eigenvalue weighted by Crippen LogP contribution is 2.30. The van der Waals surface area contributed by atoms with Gasteiger partial charge >= 0.3 is 0 Å². The lowest BCUT2D eigenvalue weighted by Gasteiger charge is -2.13. The van der Waals surface area contributed by atoms with Gasteiger partial charge < -0.3 is 13.9 Å². The van der Waals surface area contributed by atoms with Crippen LogP contribution in [0.15, 0.2) is 50.4 Å². The molecule has 0 aliphatic rings. The van der Waals surface area contributed by atoms with E-state index in [1.807, 2.05) is 30.3 Å². The molecule has 164 valence electrons. The summed E-state index contributed by atoms with van der Waals surface area (Å²) in [7, 11) is 1.53. The molecule has 0 saturated carbocycles. The van der Waals surface area contributed by atoms with Crippen molar-refractivity contribution in [3.8, 4) is 23.3 Å². The fraction of sp³-hybridized carbons (Fsp3) is 0.182. The lowest BCUT2D eigenvalue weighted by atomic mass is 10.1. The third kappa shape index (κ3) is 5.93. The number of carbonyl (C=O) groups is 1. The molecule has 3 rings (SSSR count). The van der Waals surface area contributed by atoms with Gasteiger partial charge in [0.2, 0.25) is 5.88 Å². The van der Waals surface area contributed by atoms with Gasteiger partial charge in [0.15, 0.2) is 6.61 Å². The van der Waals surface area contributed by atoms with Gasteiger partial charge in [0.05, 0.1) is 18.5 Å². The van der Waals surface area contributed by atoms with Crippen molar-refractivity contribution in [3.05, 3.63) is 67.0 Å². The largest absolute Gasteiger partial charge is 0.467 e. The number of nitrogens with one attached hydrogen (secondary N) is 1. The minimum atomic E-state index is -0.509. The highest BCUT2D eigenvalue weighted by molar-refractivity contribution is 14.1. The summed E-state index contributed by atoms with van der Waals surface area (Å²) < 4.78 is 18.1. The molecule has 0 aliphatic heterocycles. The lowest BCUT2D eigenvalue weighted by molar-refractivity contribution is -0.123. The Morgan fingerprint density at radius 2 is 2.09 bits per heavy atom. The Labute approximate surface area is 206 Å². The third-order valence-electron chi connectivity index (χ3n) is 4.24. The number of nitriles is 1.